The van der Waals surface area contributed by atoms with E-state index in [0.29, 0.717) is 0 Å². The molecule has 1 aromatic rings. The third-order valence-corrected chi connectivity index (χ3v) is 2.21. The lowest BCUT2D eigenvalue weighted by molar-refractivity contribution is 0.206. The molecule has 0 amide bonds. The molecule has 0 fully saturated rings. The number of ether oxygens (including phenoxy) is 1. The van der Waals surface area contributed by atoms with Crippen LogP contribution < -0.4 is 4.90 Å². The molecule has 2 heteroatoms. The summed E-state index contributed by atoms with van der Waals surface area (Å²) in [6.07, 6.45) is 0. The summed E-state index contributed by atoms with van der Waals surface area (Å²) in [7, 11) is 3.77. The number of benzene rings is 1. The van der Waals surface area contributed by atoms with Crippen LogP contribution in [0.3, 0.4) is 0 Å². The van der Waals surface area contributed by atoms with Crippen LogP contribution in [-0.4, -0.2) is 27.3 Å². The molecule has 0 bridgehead atoms. The van der Waals surface area contributed by atoms with Crippen molar-refractivity contribution in [1.82, 2.24) is 0 Å². The first-order valence-corrected chi connectivity index (χ1v) is 5.01. The molecule has 0 N–H and O–H groups in total. The number of nitrogens with zero attached hydrogens (tertiary/aromatic N) is 1. The second-order valence-electron chi connectivity index (χ2n) is 3.34. The number of methoxy groups -OCH3 is 1. The summed E-state index contributed by atoms with van der Waals surface area (Å²) < 4.78 is 5.03. The van der Waals surface area contributed by atoms with Gasteiger partial charge in [0.25, 0.3) is 0 Å². The Hall–Kier alpha value is -1.46. The third-order valence-electron chi connectivity index (χ3n) is 2.21. The number of rotatable bonds is 4. The second-order valence-corrected chi connectivity index (χ2v) is 3.34. The van der Waals surface area contributed by atoms with Crippen molar-refractivity contribution >= 4 is 5.69 Å². The number of likely N-dealkylation sites (N-methyl/N-ethyl adjacent to an activating group) is 1. The summed E-state index contributed by atoms with van der Waals surface area (Å²) in [6, 6.07) is 8.23. The van der Waals surface area contributed by atoms with Crippen LogP contribution in [0, 0.1) is 11.8 Å². The van der Waals surface area contributed by atoms with E-state index >= 15 is 0 Å². The van der Waals surface area contributed by atoms with Gasteiger partial charge in [-0.05, 0) is 31.2 Å². The van der Waals surface area contributed by atoms with Crippen molar-refractivity contribution in [2.75, 3.05) is 32.2 Å². The molecule has 0 aliphatic heterocycles. The average Bonchev–Trinajstić information content (AvgIpc) is 2.27. The summed E-state index contributed by atoms with van der Waals surface area (Å²) in [4.78, 5) is 2.16. The Morgan fingerprint density at radius 2 is 1.93 bits per heavy atom. The lowest BCUT2D eigenvalue weighted by Gasteiger charge is -2.18. The summed E-state index contributed by atoms with van der Waals surface area (Å²) in [5.74, 6) is 5.91. The van der Waals surface area contributed by atoms with Crippen LogP contribution in [0.15, 0.2) is 24.3 Å². The molecule has 0 atom stereocenters. The zero-order valence-electron chi connectivity index (χ0n) is 9.58. The highest BCUT2D eigenvalue weighted by molar-refractivity contribution is 5.49. The van der Waals surface area contributed by atoms with Gasteiger partial charge in [-0.25, -0.2) is 0 Å². The van der Waals surface area contributed by atoms with E-state index in [1.165, 1.54) is 5.69 Å². The summed E-state index contributed by atoms with van der Waals surface area (Å²) >= 11 is 0. The molecule has 0 aliphatic carbocycles. The monoisotopic (exact) mass is 203 g/mol. The van der Waals surface area contributed by atoms with Crippen molar-refractivity contribution in [3.8, 4) is 11.8 Å². The minimum absolute atomic E-state index is 0.743. The largest absolute Gasteiger partial charge is 0.383 e. The molecule has 15 heavy (non-hydrogen) atoms. The molecule has 2 nitrogen and oxygen atoms in total. The Morgan fingerprint density at radius 3 is 2.47 bits per heavy atom. The normalized spacial score (nSPS) is 9.27. The molecule has 1 aromatic carbocycles. The first kappa shape index (κ1) is 11.6. The predicted molar refractivity (Wildman–Crippen MR) is 64.1 cm³/mol. The van der Waals surface area contributed by atoms with E-state index in [2.05, 4.69) is 35.9 Å². The fourth-order valence-electron chi connectivity index (χ4n) is 1.30. The van der Waals surface area contributed by atoms with Gasteiger partial charge in [-0.15, -0.1) is 5.92 Å². The van der Waals surface area contributed by atoms with Crippen molar-refractivity contribution in [2.24, 2.45) is 0 Å². The van der Waals surface area contributed by atoms with E-state index in [-0.39, 0.29) is 0 Å². The first-order valence-electron chi connectivity index (χ1n) is 5.01. The van der Waals surface area contributed by atoms with E-state index in [1.54, 1.807) is 7.11 Å². The van der Waals surface area contributed by atoms with Crippen molar-refractivity contribution in [3.63, 3.8) is 0 Å². The fourth-order valence-corrected chi connectivity index (χ4v) is 1.30. The maximum atomic E-state index is 5.03. The van der Waals surface area contributed by atoms with Crippen molar-refractivity contribution in [2.45, 2.75) is 6.92 Å². The average molecular weight is 203 g/mol. The van der Waals surface area contributed by atoms with Gasteiger partial charge >= 0.3 is 0 Å². The van der Waals surface area contributed by atoms with Crippen molar-refractivity contribution < 1.29 is 4.74 Å². The van der Waals surface area contributed by atoms with Gasteiger partial charge in [-0.3, -0.25) is 0 Å². The zero-order valence-corrected chi connectivity index (χ0v) is 9.58. The molecule has 0 saturated carbocycles. The lowest BCUT2D eigenvalue weighted by atomic mass is 10.2. The molecular weight excluding hydrogens is 186 g/mol. The van der Waals surface area contributed by atoms with Gasteiger partial charge in [0.1, 0.15) is 0 Å². The van der Waals surface area contributed by atoms with Crippen LogP contribution in [-0.2, 0) is 4.74 Å². The lowest BCUT2D eigenvalue weighted by Crippen LogP contribution is -2.21. The first-order chi connectivity index (χ1) is 7.27. The Balaban J connectivity index is 2.65. The second kappa shape index (κ2) is 6.10. The smallest absolute Gasteiger partial charge is 0.0637 e. The Kier molecular flexibility index (Phi) is 4.73. The maximum Gasteiger partial charge on any atom is 0.0637 e. The Labute approximate surface area is 91.9 Å². The maximum absolute atomic E-state index is 5.03. The van der Waals surface area contributed by atoms with Crippen molar-refractivity contribution in [1.29, 1.82) is 0 Å². The van der Waals surface area contributed by atoms with Crippen LogP contribution in [0.25, 0.3) is 0 Å². The molecule has 0 aliphatic rings. The molecule has 0 spiro atoms. The highest BCUT2D eigenvalue weighted by Crippen LogP contribution is 2.12. The van der Waals surface area contributed by atoms with Crippen LogP contribution in [0.1, 0.15) is 12.5 Å². The van der Waals surface area contributed by atoms with Gasteiger partial charge in [-0.2, -0.15) is 0 Å². The van der Waals surface area contributed by atoms with E-state index in [4.69, 9.17) is 4.74 Å². The highest BCUT2D eigenvalue weighted by atomic mass is 16.5. The quantitative estimate of drug-likeness (QED) is 0.695. The van der Waals surface area contributed by atoms with Gasteiger partial charge in [0, 0.05) is 32.0 Å². The SMILES string of the molecule is CC#Cc1ccc(N(C)CCOC)cc1. The zero-order chi connectivity index (χ0) is 11.1. The van der Waals surface area contributed by atoms with Crippen LogP contribution >= 0.6 is 0 Å². The Morgan fingerprint density at radius 1 is 1.27 bits per heavy atom. The van der Waals surface area contributed by atoms with Gasteiger partial charge in [0.2, 0.25) is 0 Å². The van der Waals surface area contributed by atoms with Crippen LogP contribution in [0.2, 0.25) is 0 Å². The van der Waals surface area contributed by atoms with Gasteiger partial charge in [0.15, 0.2) is 0 Å². The molecule has 1 rings (SSSR count). The van der Waals surface area contributed by atoms with Crippen molar-refractivity contribution in [3.05, 3.63) is 29.8 Å². The molecule has 0 aromatic heterocycles. The van der Waals surface area contributed by atoms with E-state index in [1.807, 2.05) is 19.1 Å². The van der Waals surface area contributed by atoms with Gasteiger partial charge in [0.05, 0.1) is 6.61 Å². The molecule has 0 heterocycles. The topological polar surface area (TPSA) is 12.5 Å². The van der Waals surface area contributed by atoms with Gasteiger partial charge < -0.3 is 9.64 Å². The fraction of sp³-hybridized carbons (Fsp3) is 0.385. The number of anilines is 1. The molecular formula is C13H17NO. The Bertz CT molecular complexity index is 345. The highest BCUT2D eigenvalue weighted by Gasteiger charge is 1.99. The molecule has 0 unspecified atom stereocenters. The third kappa shape index (κ3) is 3.65. The van der Waals surface area contributed by atoms with E-state index < -0.39 is 0 Å². The summed E-state index contributed by atoms with van der Waals surface area (Å²) in [5, 5.41) is 0. The number of hydrogen-bond donors (Lipinski definition) is 0. The van der Waals surface area contributed by atoms with Gasteiger partial charge in [-0.1, -0.05) is 5.92 Å². The standard InChI is InChI=1S/C13H17NO/c1-4-5-12-6-8-13(9-7-12)14(2)10-11-15-3/h6-9H,10-11H2,1-3H3. The molecule has 80 valence electrons. The minimum atomic E-state index is 0.743. The molecule has 0 saturated heterocycles. The molecule has 0 radical (unpaired) electrons. The minimum Gasteiger partial charge on any atom is -0.383 e. The van der Waals surface area contributed by atoms with E-state index in [9.17, 15) is 0 Å². The van der Waals surface area contributed by atoms with E-state index in [0.717, 1.165) is 18.7 Å². The van der Waals surface area contributed by atoms with Crippen LogP contribution in [0.5, 0.6) is 0 Å². The summed E-state index contributed by atoms with van der Waals surface area (Å²) in [5.41, 5.74) is 2.25. The number of hydrogen-bond acceptors (Lipinski definition) is 2. The predicted octanol–water partition coefficient (Wildman–Crippen LogP) is 2.14. The van der Waals surface area contributed by atoms with Crippen LogP contribution in [0.4, 0.5) is 5.69 Å². The summed E-state index contributed by atoms with van der Waals surface area (Å²) in [6.45, 7) is 3.49.